The van der Waals surface area contributed by atoms with Crippen molar-refractivity contribution in [2.24, 2.45) is 5.73 Å². The van der Waals surface area contributed by atoms with Crippen LogP contribution in [0.5, 0.6) is 0 Å². The molecule has 5 nitrogen and oxygen atoms in total. The Balaban J connectivity index is 3.68. The maximum absolute atomic E-state index is 10.6. The van der Waals surface area contributed by atoms with Crippen LogP contribution in [0.25, 0.3) is 0 Å². The zero-order valence-electron chi connectivity index (χ0n) is 7.49. The number of nitrogens with two attached hydrogens (primary N) is 1. The van der Waals surface area contributed by atoms with E-state index in [-0.39, 0.29) is 6.54 Å². The molecule has 0 aromatic heterocycles. The largest absolute Gasteiger partial charge is 0.480 e. The predicted molar refractivity (Wildman–Crippen MR) is 47.9 cm³/mol. The summed E-state index contributed by atoms with van der Waals surface area (Å²) in [5, 5.41) is 19.6. The summed E-state index contributed by atoms with van der Waals surface area (Å²) in [6.07, 6.45) is 2.11. The van der Waals surface area contributed by atoms with Crippen molar-refractivity contribution in [3.63, 3.8) is 0 Å². The van der Waals surface area contributed by atoms with Gasteiger partial charge in [0.15, 0.2) is 0 Å². The molecule has 13 heavy (non-hydrogen) atoms. The summed E-state index contributed by atoms with van der Waals surface area (Å²) >= 11 is 0. The standard InChI is InChI=1S/C8H15N3O2/c9-4-2-1-3-7(8(12)13)11-6-5-10/h7,11H,1-4,6,9H2,(H,12,13). The first kappa shape index (κ1) is 11.9. The average molecular weight is 185 g/mol. The molecule has 1 atom stereocenters. The van der Waals surface area contributed by atoms with Crippen molar-refractivity contribution in [2.45, 2.75) is 25.3 Å². The van der Waals surface area contributed by atoms with Gasteiger partial charge in [0, 0.05) is 0 Å². The van der Waals surface area contributed by atoms with E-state index in [0.29, 0.717) is 13.0 Å². The van der Waals surface area contributed by atoms with Crippen LogP contribution in [0.3, 0.4) is 0 Å². The van der Waals surface area contributed by atoms with E-state index in [0.717, 1.165) is 12.8 Å². The molecule has 0 aromatic rings. The SMILES string of the molecule is N#CCNC(CCCCN)C(=O)O. The van der Waals surface area contributed by atoms with Gasteiger partial charge in [0.05, 0.1) is 12.6 Å². The molecule has 0 spiro atoms. The molecule has 74 valence electrons. The van der Waals surface area contributed by atoms with Gasteiger partial charge in [-0.1, -0.05) is 6.42 Å². The topological polar surface area (TPSA) is 99.1 Å². The van der Waals surface area contributed by atoms with E-state index in [1.54, 1.807) is 0 Å². The Hall–Kier alpha value is -1.12. The van der Waals surface area contributed by atoms with Crippen molar-refractivity contribution in [2.75, 3.05) is 13.1 Å². The highest BCUT2D eigenvalue weighted by molar-refractivity contribution is 5.73. The van der Waals surface area contributed by atoms with Gasteiger partial charge in [-0.3, -0.25) is 10.1 Å². The summed E-state index contributed by atoms with van der Waals surface area (Å²) in [5.41, 5.74) is 5.27. The summed E-state index contributed by atoms with van der Waals surface area (Å²) in [6.45, 7) is 0.643. The van der Waals surface area contributed by atoms with Crippen LogP contribution < -0.4 is 11.1 Å². The minimum atomic E-state index is -0.910. The molecular formula is C8H15N3O2. The van der Waals surface area contributed by atoms with Crippen LogP contribution in [-0.4, -0.2) is 30.2 Å². The summed E-state index contributed by atoms with van der Waals surface area (Å²) in [6, 6.07) is 1.23. The number of hydrogen-bond acceptors (Lipinski definition) is 4. The lowest BCUT2D eigenvalue weighted by molar-refractivity contribution is -0.139. The second kappa shape index (κ2) is 7.53. The molecule has 0 saturated carbocycles. The molecule has 0 fully saturated rings. The lowest BCUT2D eigenvalue weighted by Crippen LogP contribution is -2.36. The van der Waals surface area contributed by atoms with Gasteiger partial charge in [-0.25, -0.2) is 0 Å². The highest BCUT2D eigenvalue weighted by Crippen LogP contribution is 1.99. The van der Waals surface area contributed by atoms with Crippen LogP contribution in [0.15, 0.2) is 0 Å². The van der Waals surface area contributed by atoms with E-state index in [1.807, 2.05) is 6.07 Å². The lowest BCUT2D eigenvalue weighted by Gasteiger charge is -2.11. The number of unbranched alkanes of at least 4 members (excludes halogenated alkanes) is 1. The monoisotopic (exact) mass is 185 g/mol. The molecule has 0 aliphatic rings. The van der Waals surface area contributed by atoms with Crippen LogP contribution in [0, 0.1) is 11.3 Å². The van der Waals surface area contributed by atoms with E-state index < -0.39 is 12.0 Å². The number of nitriles is 1. The molecule has 0 bridgehead atoms. The number of carboxylic acid groups (broad SMARTS) is 1. The molecule has 0 aliphatic heterocycles. The van der Waals surface area contributed by atoms with E-state index >= 15 is 0 Å². The van der Waals surface area contributed by atoms with Gasteiger partial charge in [0.2, 0.25) is 0 Å². The van der Waals surface area contributed by atoms with Gasteiger partial charge in [0.25, 0.3) is 0 Å². The van der Waals surface area contributed by atoms with Crippen molar-refractivity contribution < 1.29 is 9.90 Å². The highest BCUT2D eigenvalue weighted by atomic mass is 16.4. The normalized spacial score (nSPS) is 12.0. The Kier molecular flexibility index (Phi) is 6.88. The molecule has 0 aliphatic carbocycles. The van der Waals surface area contributed by atoms with Gasteiger partial charge in [-0.15, -0.1) is 0 Å². The van der Waals surface area contributed by atoms with Crippen molar-refractivity contribution >= 4 is 5.97 Å². The second-order valence-corrected chi connectivity index (χ2v) is 2.71. The van der Waals surface area contributed by atoms with Crippen molar-refractivity contribution in [3.05, 3.63) is 0 Å². The maximum atomic E-state index is 10.6. The fourth-order valence-electron chi connectivity index (χ4n) is 0.974. The number of hydrogen-bond donors (Lipinski definition) is 3. The molecular weight excluding hydrogens is 170 g/mol. The van der Waals surface area contributed by atoms with Crippen LogP contribution in [-0.2, 0) is 4.79 Å². The zero-order valence-corrected chi connectivity index (χ0v) is 7.49. The van der Waals surface area contributed by atoms with Crippen molar-refractivity contribution in [1.29, 1.82) is 5.26 Å². The number of aliphatic carboxylic acids is 1. The van der Waals surface area contributed by atoms with Crippen LogP contribution >= 0.6 is 0 Å². The van der Waals surface area contributed by atoms with Crippen LogP contribution in [0.2, 0.25) is 0 Å². The molecule has 4 N–H and O–H groups in total. The molecule has 1 unspecified atom stereocenters. The molecule has 0 amide bonds. The Morgan fingerprint density at radius 1 is 1.62 bits per heavy atom. The minimum absolute atomic E-state index is 0.0690. The van der Waals surface area contributed by atoms with Gasteiger partial charge in [0.1, 0.15) is 6.04 Å². The van der Waals surface area contributed by atoms with Crippen LogP contribution in [0.4, 0.5) is 0 Å². The molecule has 0 heterocycles. The minimum Gasteiger partial charge on any atom is -0.480 e. The second-order valence-electron chi connectivity index (χ2n) is 2.71. The van der Waals surface area contributed by atoms with E-state index in [4.69, 9.17) is 16.1 Å². The average Bonchev–Trinajstić information content (AvgIpc) is 2.10. The number of nitrogens with zero attached hydrogens (tertiary/aromatic N) is 1. The third-order valence-corrected chi connectivity index (χ3v) is 1.67. The number of carbonyl (C=O) groups is 1. The maximum Gasteiger partial charge on any atom is 0.320 e. The fourth-order valence-corrected chi connectivity index (χ4v) is 0.974. The quantitative estimate of drug-likeness (QED) is 0.373. The van der Waals surface area contributed by atoms with Gasteiger partial charge in [-0.05, 0) is 19.4 Å². The Morgan fingerprint density at radius 3 is 2.77 bits per heavy atom. The third kappa shape index (κ3) is 6.08. The van der Waals surface area contributed by atoms with E-state index in [2.05, 4.69) is 5.32 Å². The predicted octanol–water partition coefficient (Wildman–Crippen LogP) is -0.318. The molecule has 0 saturated heterocycles. The molecule has 0 rings (SSSR count). The van der Waals surface area contributed by atoms with Crippen LogP contribution in [0.1, 0.15) is 19.3 Å². The fraction of sp³-hybridized carbons (Fsp3) is 0.750. The first-order chi connectivity index (χ1) is 6.22. The highest BCUT2D eigenvalue weighted by Gasteiger charge is 2.14. The number of nitrogens with one attached hydrogen (secondary N) is 1. The third-order valence-electron chi connectivity index (χ3n) is 1.67. The summed E-state index contributed by atoms with van der Waals surface area (Å²) in [5.74, 6) is -0.910. The smallest absolute Gasteiger partial charge is 0.320 e. The first-order valence-corrected chi connectivity index (χ1v) is 4.25. The van der Waals surface area contributed by atoms with E-state index in [9.17, 15) is 4.79 Å². The summed E-state index contributed by atoms with van der Waals surface area (Å²) < 4.78 is 0. The number of carboxylic acids is 1. The van der Waals surface area contributed by atoms with Crippen molar-refractivity contribution in [3.8, 4) is 6.07 Å². The van der Waals surface area contributed by atoms with Crippen molar-refractivity contribution in [1.82, 2.24) is 5.32 Å². The van der Waals surface area contributed by atoms with Gasteiger partial charge < -0.3 is 10.8 Å². The Bertz CT molecular complexity index is 188. The lowest BCUT2D eigenvalue weighted by atomic mass is 10.1. The Labute approximate surface area is 77.5 Å². The van der Waals surface area contributed by atoms with E-state index in [1.165, 1.54) is 0 Å². The molecule has 0 radical (unpaired) electrons. The zero-order chi connectivity index (χ0) is 10.1. The summed E-state index contributed by atoms with van der Waals surface area (Å²) in [4.78, 5) is 10.6. The van der Waals surface area contributed by atoms with Gasteiger partial charge in [-0.2, -0.15) is 5.26 Å². The summed E-state index contributed by atoms with van der Waals surface area (Å²) in [7, 11) is 0. The number of rotatable bonds is 7. The van der Waals surface area contributed by atoms with Gasteiger partial charge >= 0.3 is 5.97 Å². The first-order valence-electron chi connectivity index (χ1n) is 4.25. The Morgan fingerprint density at radius 2 is 2.31 bits per heavy atom. The molecule has 0 aromatic carbocycles. The molecule has 5 heteroatoms.